The molecule has 0 saturated heterocycles. The van der Waals surface area contributed by atoms with Crippen LogP contribution in [0, 0.1) is 44.5 Å². The fourth-order valence-corrected chi connectivity index (χ4v) is 6.31. The maximum atomic E-state index is 13.2. The number of fused-ring (bicyclic) bond motifs is 3. The zero-order chi connectivity index (χ0) is 32.1. The quantitative estimate of drug-likeness (QED) is 0.177. The molecular formula is C34H31ClN6O3S. The molecule has 0 fully saturated rings. The van der Waals surface area contributed by atoms with Gasteiger partial charge < -0.3 is 15.8 Å². The molecule has 1 aliphatic heterocycles. The van der Waals surface area contributed by atoms with Crippen molar-refractivity contribution in [1.29, 1.82) is 0 Å². The second-order valence-corrected chi connectivity index (χ2v) is 11.9. The summed E-state index contributed by atoms with van der Waals surface area (Å²) in [5.41, 5.74) is 10.9. The molecule has 3 heterocycles. The molecule has 0 bridgehead atoms. The number of nitrogens with zero attached hydrogens (tertiary/aromatic N) is 4. The van der Waals surface area contributed by atoms with Crippen molar-refractivity contribution in [2.45, 2.75) is 39.7 Å². The van der Waals surface area contributed by atoms with Gasteiger partial charge in [-0.3, -0.25) is 14.4 Å². The van der Waals surface area contributed by atoms with E-state index in [0.29, 0.717) is 40.5 Å². The second-order valence-electron chi connectivity index (χ2n) is 10.3. The lowest BCUT2D eigenvalue weighted by Crippen LogP contribution is -2.26. The third kappa shape index (κ3) is 6.84. The number of halogens is 1. The van der Waals surface area contributed by atoms with E-state index in [-0.39, 0.29) is 18.9 Å². The minimum absolute atomic E-state index is 0.0911. The number of rotatable bonds is 6. The molecular weight excluding hydrogens is 608 g/mol. The van der Waals surface area contributed by atoms with Crippen LogP contribution in [-0.2, 0) is 9.53 Å². The maximum Gasteiger partial charge on any atom is 0.339 e. The van der Waals surface area contributed by atoms with E-state index in [9.17, 15) is 9.59 Å². The lowest BCUT2D eigenvalue weighted by molar-refractivity contribution is -0.121. The fraction of sp³-hybridized carbons (Fsp3) is 0.265. The fourth-order valence-electron chi connectivity index (χ4n) is 4.97. The molecule has 0 spiro atoms. The SMILES string of the molecule is COC(=O)c1ccc(C#CCCNC(=O)C[C@@H]2N=C(c3ccc(Cl)cc3)c3c(sc(C)c3C)-n3c(C)nnc32)cc1C#CCN. The summed E-state index contributed by atoms with van der Waals surface area (Å²) >= 11 is 7.86. The van der Waals surface area contributed by atoms with E-state index in [2.05, 4.69) is 53.0 Å². The van der Waals surface area contributed by atoms with Gasteiger partial charge in [-0.05, 0) is 56.7 Å². The number of amides is 1. The van der Waals surface area contributed by atoms with Crippen LogP contribution in [0.3, 0.4) is 0 Å². The summed E-state index contributed by atoms with van der Waals surface area (Å²) in [6.45, 7) is 6.60. The molecule has 9 nitrogen and oxygen atoms in total. The molecule has 228 valence electrons. The molecule has 0 radical (unpaired) electrons. The molecule has 11 heteroatoms. The Morgan fingerprint density at radius 2 is 1.87 bits per heavy atom. The van der Waals surface area contributed by atoms with Crippen LogP contribution < -0.4 is 11.1 Å². The minimum Gasteiger partial charge on any atom is -0.465 e. The number of carbonyl (C=O) groups excluding carboxylic acids is 2. The normalized spacial score (nSPS) is 13.2. The first-order valence-electron chi connectivity index (χ1n) is 14.2. The zero-order valence-corrected chi connectivity index (χ0v) is 26.9. The summed E-state index contributed by atoms with van der Waals surface area (Å²) in [7, 11) is 1.32. The number of benzene rings is 2. The Labute approximate surface area is 270 Å². The van der Waals surface area contributed by atoms with Gasteiger partial charge in [0.25, 0.3) is 0 Å². The Morgan fingerprint density at radius 1 is 1.09 bits per heavy atom. The Bertz CT molecular complexity index is 1940. The van der Waals surface area contributed by atoms with Crippen LogP contribution >= 0.6 is 22.9 Å². The molecule has 4 aromatic rings. The Kier molecular flexibility index (Phi) is 9.80. The van der Waals surface area contributed by atoms with Crippen LogP contribution in [0.1, 0.15) is 73.6 Å². The number of ether oxygens (including phenoxy) is 1. The lowest BCUT2D eigenvalue weighted by Gasteiger charge is -2.13. The van der Waals surface area contributed by atoms with Gasteiger partial charge in [0.2, 0.25) is 5.91 Å². The molecule has 2 aromatic carbocycles. The van der Waals surface area contributed by atoms with Gasteiger partial charge >= 0.3 is 5.97 Å². The van der Waals surface area contributed by atoms with Crippen LogP contribution in [-0.4, -0.2) is 52.6 Å². The molecule has 5 rings (SSSR count). The first-order valence-corrected chi connectivity index (χ1v) is 15.4. The molecule has 0 saturated carbocycles. The van der Waals surface area contributed by atoms with Crippen molar-refractivity contribution in [3.05, 3.63) is 97.4 Å². The van der Waals surface area contributed by atoms with Crippen molar-refractivity contribution in [2.75, 3.05) is 20.2 Å². The topological polar surface area (TPSA) is 124 Å². The van der Waals surface area contributed by atoms with Gasteiger partial charge in [0, 0.05) is 45.1 Å². The lowest BCUT2D eigenvalue weighted by atomic mass is 9.99. The van der Waals surface area contributed by atoms with Gasteiger partial charge in [-0.1, -0.05) is 47.4 Å². The predicted molar refractivity (Wildman–Crippen MR) is 176 cm³/mol. The third-order valence-corrected chi connectivity index (χ3v) is 8.74. The van der Waals surface area contributed by atoms with Crippen molar-refractivity contribution in [3.8, 4) is 28.7 Å². The molecule has 3 N–H and O–H groups in total. The van der Waals surface area contributed by atoms with E-state index in [1.165, 1.54) is 12.0 Å². The standard InChI is InChI=1S/C34H31ClN6O3S/c1-20-21(2)45-33-30(20)31(24-11-13-26(35)14-12-24)38-28(32-40-39-22(3)41(32)33)19-29(42)37-17-6-5-8-23-10-15-27(34(43)44-4)25(18-23)9-7-16-36/h10-15,18,28H,6,16-17,19,36H2,1-4H3,(H,37,42)/t28-/m0/s1. The molecule has 45 heavy (non-hydrogen) atoms. The summed E-state index contributed by atoms with van der Waals surface area (Å²) in [6, 6.07) is 12.1. The number of hydrogen-bond donors (Lipinski definition) is 2. The number of thiophene rings is 1. The van der Waals surface area contributed by atoms with Crippen molar-refractivity contribution in [3.63, 3.8) is 0 Å². The Hall–Kier alpha value is -4.74. The van der Waals surface area contributed by atoms with Crippen LogP contribution in [0.15, 0.2) is 47.5 Å². The number of aryl methyl sites for hydroxylation is 2. The number of nitrogens with one attached hydrogen (secondary N) is 1. The van der Waals surface area contributed by atoms with Gasteiger partial charge in [0.15, 0.2) is 5.82 Å². The number of hydrogen-bond acceptors (Lipinski definition) is 8. The van der Waals surface area contributed by atoms with Crippen LogP contribution in [0.4, 0.5) is 0 Å². The number of aliphatic imine (C=N–C) groups is 1. The van der Waals surface area contributed by atoms with E-state index in [1.54, 1.807) is 29.5 Å². The van der Waals surface area contributed by atoms with E-state index < -0.39 is 12.0 Å². The average Bonchev–Trinajstić information content (AvgIpc) is 3.51. The predicted octanol–water partition coefficient (Wildman–Crippen LogP) is 4.84. The van der Waals surface area contributed by atoms with Crippen molar-refractivity contribution in [1.82, 2.24) is 20.1 Å². The molecule has 1 aliphatic rings. The van der Waals surface area contributed by atoms with Crippen LogP contribution in [0.2, 0.25) is 5.02 Å². The van der Waals surface area contributed by atoms with Crippen molar-refractivity contribution in [2.24, 2.45) is 10.7 Å². The highest BCUT2D eigenvalue weighted by Gasteiger charge is 2.32. The summed E-state index contributed by atoms with van der Waals surface area (Å²) in [4.78, 5) is 31.6. The van der Waals surface area contributed by atoms with E-state index >= 15 is 0 Å². The summed E-state index contributed by atoms with van der Waals surface area (Å²) in [5.74, 6) is 12.5. The van der Waals surface area contributed by atoms with Crippen LogP contribution in [0.5, 0.6) is 0 Å². The third-order valence-electron chi connectivity index (χ3n) is 7.29. The smallest absolute Gasteiger partial charge is 0.339 e. The molecule has 1 amide bonds. The van der Waals surface area contributed by atoms with Gasteiger partial charge in [-0.2, -0.15) is 0 Å². The van der Waals surface area contributed by atoms with Gasteiger partial charge in [-0.25, -0.2) is 4.79 Å². The average molecular weight is 639 g/mol. The Balaban J connectivity index is 1.33. The molecule has 0 aliphatic carbocycles. The van der Waals surface area contributed by atoms with Crippen molar-refractivity contribution >= 4 is 40.5 Å². The summed E-state index contributed by atoms with van der Waals surface area (Å²) in [5, 5.41) is 13.4. The highest BCUT2D eigenvalue weighted by molar-refractivity contribution is 7.15. The number of nitrogens with two attached hydrogens (primary N) is 1. The number of carbonyl (C=O) groups is 2. The summed E-state index contributed by atoms with van der Waals surface area (Å²) < 4.78 is 6.86. The zero-order valence-electron chi connectivity index (χ0n) is 25.3. The maximum absolute atomic E-state index is 13.2. The van der Waals surface area contributed by atoms with Gasteiger partial charge in [-0.15, -0.1) is 21.5 Å². The highest BCUT2D eigenvalue weighted by Crippen LogP contribution is 2.39. The molecule has 2 aromatic heterocycles. The number of esters is 1. The minimum atomic E-state index is -0.552. The largest absolute Gasteiger partial charge is 0.465 e. The van der Waals surface area contributed by atoms with Gasteiger partial charge in [0.1, 0.15) is 16.9 Å². The molecule has 0 unspecified atom stereocenters. The number of aromatic nitrogens is 3. The van der Waals surface area contributed by atoms with Gasteiger partial charge in [0.05, 0.1) is 31.4 Å². The van der Waals surface area contributed by atoms with Crippen LogP contribution in [0.25, 0.3) is 5.00 Å². The second kappa shape index (κ2) is 13.9. The first kappa shape index (κ1) is 31.7. The van der Waals surface area contributed by atoms with E-state index in [4.69, 9.17) is 27.1 Å². The summed E-state index contributed by atoms with van der Waals surface area (Å²) in [6.07, 6.45) is 0.511. The number of methoxy groups -OCH3 is 1. The highest BCUT2D eigenvalue weighted by atomic mass is 35.5. The monoisotopic (exact) mass is 638 g/mol. The Morgan fingerprint density at radius 3 is 2.60 bits per heavy atom. The van der Waals surface area contributed by atoms with Crippen molar-refractivity contribution < 1.29 is 14.3 Å². The molecule has 1 atom stereocenters. The van der Waals surface area contributed by atoms with E-state index in [1.807, 2.05) is 35.8 Å². The first-order chi connectivity index (χ1) is 21.7. The van der Waals surface area contributed by atoms with E-state index in [0.717, 1.165) is 33.2 Å².